The Labute approximate surface area is 188 Å². The predicted molar refractivity (Wildman–Crippen MR) is 117 cm³/mol. The summed E-state index contributed by atoms with van der Waals surface area (Å²) in [4.78, 5) is 48.3. The zero-order valence-corrected chi connectivity index (χ0v) is 18.9. The lowest BCUT2D eigenvalue weighted by Crippen LogP contribution is -2.49. The molecule has 9 heteroatoms. The maximum atomic E-state index is 12.5. The quantitative estimate of drug-likeness (QED) is 0.287. The van der Waals surface area contributed by atoms with E-state index in [1.54, 1.807) is 20.8 Å². The monoisotopic (exact) mass is 447 g/mol. The molecule has 1 aromatic rings. The summed E-state index contributed by atoms with van der Waals surface area (Å²) >= 11 is 0. The second-order valence-electron chi connectivity index (χ2n) is 8.79. The van der Waals surface area contributed by atoms with E-state index in [4.69, 9.17) is 9.47 Å². The molecular weight excluding hydrogens is 414 g/mol. The third kappa shape index (κ3) is 10.3. The van der Waals surface area contributed by atoms with Crippen LogP contribution in [0.5, 0.6) is 0 Å². The Kier molecular flexibility index (Phi) is 9.49. The number of rotatable bonds is 10. The smallest absolute Gasteiger partial charge is 0.407 e. The normalized spacial score (nSPS) is 14.1. The molecule has 1 saturated carbocycles. The topological polar surface area (TPSA) is 123 Å². The second kappa shape index (κ2) is 12.1. The van der Waals surface area contributed by atoms with Crippen LogP contribution in [0.15, 0.2) is 30.3 Å². The van der Waals surface area contributed by atoms with E-state index in [0.29, 0.717) is 19.4 Å². The molecule has 0 saturated heterocycles. The summed E-state index contributed by atoms with van der Waals surface area (Å²) in [6, 6.07) is 8.44. The molecule has 1 atom stereocenters. The van der Waals surface area contributed by atoms with E-state index in [-0.39, 0.29) is 19.1 Å². The summed E-state index contributed by atoms with van der Waals surface area (Å²) in [5.41, 5.74) is 0.171. The van der Waals surface area contributed by atoms with Crippen molar-refractivity contribution in [3.63, 3.8) is 0 Å². The molecular formula is C23H33N3O6. The van der Waals surface area contributed by atoms with Gasteiger partial charge in [-0.15, -0.1) is 0 Å². The lowest BCUT2D eigenvalue weighted by molar-refractivity contribution is -0.159. The first-order chi connectivity index (χ1) is 15.1. The average Bonchev–Trinajstić information content (AvgIpc) is 3.54. The molecule has 0 bridgehead atoms. The van der Waals surface area contributed by atoms with Gasteiger partial charge in [0, 0.05) is 12.6 Å². The molecule has 2 rings (SSSR count). The van der Waals surface area contributed by atoms with E-state index in [1.165, 1.54) is 0 Å². The Bertz CT molecular complexity index is 787. The van der Waals surface area contributed by atoms with Crippen LogP contribution in [0.4, 0.5) is 4.79 Å². The standard InChI is InChI=1S/C23H33N3O6/c1-23(2,3)32-21(29)18(26-20(28)19(27)25-17-12-13-17)11-7-8-14-24-22(30)31-15-16-9-5-4-6-10-16/h4-6,9-10,17-18H,7-8,11-15H2,1-3H3,(H,24,30)(H,25,27)(H,26,28)/t18-/m0/s1. The minimum absolute atomic E-state index is 0.0425. The highest BCUT2D eigenvalue weighted by Crippen LogP contribution is 2.18. The summed E-state index contributed by atoms with van der Waals surface area (Å²) in [6.45, 7) is 5.73. The van der Waals surface area contributed by atoms with Crippen LogP contribution in [-0.2, 0) is 30.5 Å². The fourth-order valence-corrected chi connectivity index (χ4v) is 2.76. The molecule has 0 spiro atoms. The number of nitrogens with one attached hydrogen (secondary N) is 3. The number of carbonyl (C=O) groups excluding carboxylic acids is 4. The molecule has 3 N–H and O–H groups in total. The average molecular weight is 448 g/mol. The number of amides is 3. The van der Waals surface area contributed by atoms with Gasteiger partial charge in [-0.05, 0) is 58.4 Å². The van der Waals surface area contributed by atoms with Gasteiger partial charge in [0.25, 0.3) is 0 Å². The molecule has 0 aliphatic heterocycles. The Hall–Kier alpha value is -3.10. The van der Waals surface area contributed by atoms with Gasteiger partial charge in [-0.3, -0.25) is 9.59 Å². The molecule has 0 unspecified atom stereocenters. The third-order valence-corrected chi connectivity index (χ3v) is 4.52. The van der Waals surface area contributed by atoms with Gasteiger partial charge >= 0.3 is 23.9 Å². The third-order valence-electron chi connectivity index (χ3n) is 4.52. The molecule has 0 aromatic heterocycles. The summed E-state index contributed by atoms with van der Waals surface area (Å²) in [5.74, 6) is -2.19. The highest BCUT2D eigenvalue weighted by molar-refractivity contribution is 6.35. The molecule has 176 valence electrons. The maximum Gasteiger partial charge on any atom is 0.407 e. The van der Waals surface area contributed by atoms with Gasteiger partial charge in [-0.1, -0.05) is 30.3 Å². The largest absolute Gasteiger partial charge is 0.458 e. The van der Waals surface area contributed by atoms with Crippen LogP contribution in [0.2, 0.25) is 0 Å². The minimum atomic E-state index is -0.947. The Balaban J connectivity index is 1.73. The molecule has 0 radical (unpaired) electrons. The number of unbranched alkanes of at least 4 members (excludes halogenated alkanes) is 1. The van der Waals surface area contributed by atoms with Crippen molar-refractivity contribution < 1.29 is 28.7 Å². The van der Waals surface area contributed by atoms with Gasteiger partial charge in [0.05, 0.1) is 0 Å². The van der Waals surface area contributed by atoms with Crippen molar-refractivity contribution in [2.45, 2.75) is 77.2 Å². The van der Waals surface area contributed by atoms with E-state index >= 15 is 0 Å². The highest BCUT2D eigenvalue weighted by Gasteiger charge is 2.31. The SMILES string of the molecule is CC(C)(C)OC(=O)[C@H](CCCCNC(=O)OCc1ccccc1)NC(=O)C(=O)NC1CC1. The van der Waals surface area contributed by atoms with Crippen molar-refractivity contribution in [3.8, 4) is 0 Å². The van der Waals surface area contributed by atoms with Gasteiger partial charge in [0.1, 0.15) is 18.2 Å². The molecule has 3 amide bonds. The van der Waals surface area contributed by atoms with Crippen LogP contribution < -0.4 is 16.0 Å². The summed E-state index contributed by atoms with van der Waals surface area (Å²) < 4.78 is 10.5. The van der Waals surface area contributed by atoms with Crippen molar-refractivity contribution in [2.24, 2.45) is 0 Å². The number of ether oxygens (including phenoxy) is 2. The van der Waals surface area contributed by atoms with Crippen LogP contribution in [0.25, 0.3) is 0 Å². The van der Waals surface area contributed by atoms with Gasteiger partial charge in [0.15, 0.2) is 0 Å². The summed E-state index contributed by atoms with van der Waals surface area (Å²) in [7, 11) is 0. The zero-order chi connectivity index (χ0) is 23.6. The maximum absolute atomic E-state index is 12.5. The van der Waals surface area contributed by atoms with Gasteiger partial charge in [-0.2, -0.15) is 0 Å². The number of hydrogen-bond donors (Lipinski definition) is 3. The van der Waals surface area contributed by atoms with E-state index in [1.807, 2.05) is 30.3 Å². The molecule has 1 fully saturated rings. The lowest BCUT2D eigenvalue weighted by Gasteiger charge is -2.24. The van der Waals surface area contributed by atoms with Gasteiger partial charge in [0.2, 0.25) is 0 Å². The van der Waals surface area contributed by atoms with Crippen LogP contribution in [0.3, 0.4) is 0 Å². The molecule has 32 heavy (non-hydrogen) atoms. The number of esters is 1. The van der Waals surface area contributed by atoms with E-state index in [0.717, 1.165) is 18.4 Å². The zero-order valence-electron chi connectivity index (χ0n) is 18.9. The first-order valence-electron chi connectivity index (χ1n) is 10.9. The molecule has 1 aliphatic carbocycles. The fourth-order valence-electron chi connectivity index (χ4n) is 2.76. The predicted octanol–water partition coefficient (Wildman–Crippen LogP) is 2.19. The van der Waals surface area contributed by atoms with E-state index < -0.39 is 35.5 Å². The van der Waals surface area contributed by atoms with Crippen molar-refractivity contribution in [1.29, 1.82) is 0 Å². The van der Waals surface area contributed by atoms with Gasteiger partial charge < -0.3 is 25.4 Å². The highest BCUT2D eigenvalue weighted by atomic mass is 16.6. The van der Waals surface area contributed by atoms with Crippen molar-refractivity contribution in [1.82, 2.24) is 16.0 Å². The number of hydrogen-bond acceptors (Lipinski definition) is 6. The molecule has 1 aliphatic rings. The first-order valence-corrected chi connectivity index (χ1v) is 10.9. The number of alkyl carbamates (subject to hydrolysis) is 1. The first kappa shape index (κ1) is 25.2. The van der Waals surface area contributed by atoms with Gasteiger partial charge in [-0.25, -0.2) is 9.59 Å². The van der Waals surface area contributed by atoms with E-state index in [2.05, 4.69) is 16.0 Å². The van der Waals surface area contributed by atoms with Crippen LogP contribution in [0, 0.1) is 0 Å². The van der Waals surface area contributed by atoms with Crippen molar-refractivity contribution in [3.05, 3.63) is 35.9 Å². The molecule has 9 nitrogen and oxygen atoms in total. The van der Waals surface area contributed by atoms with Crippen LogP contribution in [-0.4, -0.2) is 48.1 Å². The molecule has 1 aromatic carbocycles. The van der Waals surface area contributed by atoms with Crippen molar-refractivity contribution >= 4 is 23.9 Å². The van der Waals surface area contributed by atoms with Crippen LogP contribution >= 0.6 is 0 Å². The number of benzene rings is 1. The Morgan fingerprint density at radius 3 is 2.34 bits per heavy atom. The summed E-state index contributed by atoms with van der Waals surface area (Å²) in [5, 5.41) is 7.72. The Morgan fingerprint density at radius 1 is 1.03 bits per heavy atom. The Morgan fingerprint density at radius 2 is 1.72 bits per heavy atom. The fraction of sp³-hybridized carbons (Fsp3) is 0.565. The minimum Gasteiger partial charge on any atom is -0.458 e. The summed E-state index contributed by atoms with van der Waals surface area (Å²) in [6.07, 6.45) is 2.54. The number of carbonyl (C=O) groups is 4. The van der Waals surface area contributed by atoms with Crippen LogP contribution in [0.1, 0.15) is 58.4 Å². The lowest BCUT2D eigenvalue weighted by atomic mass is 10.1. The van der Waals surface area contributed by atoms with E-state index in [9.17, 15) is 19.2 Å². The van der Waals surface area contributed by atoms with Crippen molar-refractivity contribution in [2.75, 3.05) is 6.54 Å². The molecule has 0 heterocycles. The second-order valence-corrected chi connectivity index (χ2v) is 8.79.